The van der Waals surface area contributed by atoms with Crippen molar-refractivity contribution in [1.29, 1.82) is 0 Å². The number of benzene rings is 2. The first kappa shape index (κ1) is 30.6. The van der Waals surface area contributed by atoms with Gasteiger partial charge in [0.2, 0.25) is 5.78 Å². The lowest BCUT2D eigenvalue weighted by Gasteiger charge is -2.29. The second-order valence-corrected chi connectivity index (χ2v) is 8.06. The van der Waals surface area contributed by atoms with Crippen LogP contribution >= 0.6 is 0 Å². The van der Waals surface area contributed by atoms with Gasteiger partial charge in [-0.15, -0.1) is 0 Å². The third kappa shape index (κ3) is 8.19. The Hall–Kier alpha value is -4.61. The van der Waals surface area contributed by atoms with Crippen LogP contribution in [0.4, 0.5) is 0 Å². The topological polar surface area (TPSA) is 141 Å². The minimum absolute atomic E-state index is 0.114. The van der Waals surface area contributed by atoms with Gasteiger partial charge in [0.1, 0.15) is 11.5 Å². The molecule has 0 atom stereocenters. The quantitative estimate of drug-likeness (QED) is 0.122. The number of ketones is 1. The summed E-state index contributed by atoms with van der Waals surface area (Å²) < 4.78 is 30.7. The van der Waals surface area contributed by atoms with E-state index in [1.807, 2.05) is 0 Å². The van der Waals surface area contributed by atoms with Gasteiger partial charge in [0.15, 0.2) is 13.2 Å². The van der Waals surface area contributed by atoms with E-state index in [0.29, 0.717) is 5.56 Å². The lowest BCUT2D eigenvalue weighted by molar-refractivity contribution is -0.176. The molecule has 206 valence electrons. The number of rotatable bonds is 13. The fourth-order valence-corrected chi connectivity index (χ4v) is 3.06. The van der Waals surface area contributed by atoms with Crippen LogP contribution in [0, 0.1) is 0 Å². The Labute approximate surface area is 224 Å². The standard InChI is InChI=1S/C28H28O11/c1-17(2)26(32)36-15-23(29)38-21-11-7-19(8-12-21)25(31)28(34-5,35-6)20-9-13-22(14-10-20)39-24(30)16-37-27(33)18(3)4/h7-14H,1,3,15-16H2,2,4-6H3. The molecular formula is C28H28O11. The van der Waals surface area contributed by atoms with Gasteiger partial charge < -0.3 is 28.4 Å². The summed E-state index contributed by atoms with van der Waals surface area (Å²) in [6.45, 7) is 8.52. The van der Waals surface area contributed by atoms with Gasteiger partial charge in [-0.05, 0) is 62.4 Å². The van der Waals surface area contributed by atoms with E-state index in [9.17, 15) is 24.0 Å². The number of esters is 4. The van der Waals surface area contributed by atoms with Gasteiger partial charge in [0.05, 0.1) is 0 Å². The van der Waals surface area contributed by atoms with Crippen LogP contribution in [0.5, 0.6) is 11.5 Å². The molecule has 0 unspecified atom stereocenters. The molecule has 0 aromatic heterocycles. The first-order valence-electron chi connectivity index (χ1n) is 11.4. The van der Waals surface area contributed by atoms with Crippen molar-refractivity contribution >= 4 is 29.7 Å². The number of methoxy groups -OCH3 is 2. The average molecular weight is 541 g/mol. The third-order valence-electron chi connectivity index (χ3n) is 5.03. The lowest BCUT2D eigenvalue weighted by atomic mass is 9.95. The van der Waals surface area contributed by atoms with Gasteiger partial charge in [-0.3, -0.25) is 4.79 Å². The van der Waals surface area contributed by atoms with Crippen LogP contribution in [0.1, 0.15) is 29.8 Å². The molecule has 0 radical (unpaired) electrons. The van der Waals surface area contributed by atoms with Crippen molar-refractivity contribution in [3.63, 3.8) is 0 Å². The van der Waals surface area contributed by atoms with Gasteiger partial charge in [-0.2, -0.15) is 0 Å². The fraction of sp³-hybridized carbons (Fsp3) is 0.250. The zero-order chi connectivity index (χ0) is 29.2. The van der Waals surface area contributed by atoms with Crippen LogP contribution in [-0.4, -0.2) is 57.1 Å². The molecule has 0 aliphatic rings. The van der Waals surface area contributed by atoms with Crippen LogP contribution in [0.15, 0.2) is 72.8 Å². The number of carbonyl (C=O) groups is 5. The predicted octanol–water partition coefficient (Wildman–Crippen LogP) is 3.06. The predicted molar refractivity (Wildman–Crippen MR) is 136 cm³/mol. The first-order valence-corrected chi connectivity index (χ1v) is 11.4. The number of ether oxygens (including phenoxy) is 6. The Bertz CT molecular complexity index is 1250. The summed E-state index contributed by atoms with van der Waals surface area (Å²) in [7, 11) is 2.57. The summed E-state index contributed by atoms with van der Waals surface area (Å²) >= 11 is 0. The minimum atomic E-state index is -1.85. The molecule has 39 heavy (non-hydrogen) atoms. The van der Waals surface area contributed by atoms with E-state index >= 15 is 0 Å². The van der Waals surface area contributed by atoms with E-state index in [4.69, 9.17) is 28.4 Å². The highest BCUT2D eigenvalue weighted by Gasteiger charge is 2.41. The number of Topliss-reactive ketones (excluding diaryl/α,β-unsaturated/α-hetero) is 1. The smallest absolute Gasteiger partial charge is 0.349 e. The van der Waals surface area contributed by atoms with Crippen LogP contribution in [0.3, 0.4) is 0 Å². The van der Waals surface area contributed by atoms with E-state index in [1.54, 1.807) is 0 Å². The first-order chi connectivity index (χ1) is 18.4. The second-order valence-electron chi connectivity index (χ2n) is 8.06. The largest absolute Gasteiger partial charge is 0.450 e. The molecule has 0 saturated heterocycles. The molecule has 0 fully saturated rings. The van der Waals surface area contributed by atoms with Crippen molar-refractivity contribution in [2.45, 2.75) is 19.6 Å². The molecule has 2 aromatic rings. The number of hydrogen-bond acceptors (Lipinski definition) is 11. The van der Waals surface area contributed by atoms with Crippen LogP contribution < -0.4 is 9.47 Å². The normalized spacial score (nSPS) is 10.7. The Morgan fingerprint density at radius 1 is 0.667 bits per heavy atom. The highest BCUT2D eigenvalue weighted by atomic mass is 16.7. The highest BCUT2D eigenvalue weighted by Crippen LogP contribution is 2.32. The van der Waals surface area contributed by atoms with Crippen molar-refractivity contribution in [3.8, 4) is 11.5 Å². The molecule has 0 saturated carbocycles. The summed E-state index contributed by atoms with van der Waals surface area (Å²) in [4.78, 5) is 60.0. The summed E-state index contributed by atoms with van der Waals surface area (Å²) in [5.74, 6) is -5.26. The van der Waals surface area contributed by atoms with Crippen LogP contribution in [0.25, 0.3) is 0 Å². The number of carbonyl (C=O) groups excluding carboxylic acids is 5. The number of hydrogen-bond donors (Lipinski definition) is 0. The molecule has 0 aliphatic carbocycles. The maximum Gasteiger partial charge on any atom is 0.349 e. The highest BCUT2D eigenvalue weighted by molar-refractivity contribution is 6.02. The van der Waals surface area contributed by atoms with Crippen molar-refractivity contribution < 1.29 is 52.4 Å². The van der Waals surface area contributed by atoms with Crippen molar-refractivity contribution in [3.05, 3.63) is 84.0 Å². The summed E-state index contributed by atoms with van der Waals surface area (Å²) in [5, 5.41) is 0. The van der Waals surface area contributed by atoms with E-state index in [-0.39, 0.29) is 28.2 Å². The monoisotopic (exact) mass is 540 g/mol. The van der Waals surface area contributed by atoms with E-state index in [1.165, 1.54) is 76.6 Å². The zero-order valence-electron chi connectivity index (χ0n) is 21.9. The van der Waals surface area contributed by atoms with E-state index in [0.717, 1.165) is 0 Å². The molecule has 11 heteroatoms. The Balaban J connectivity index is 2.10. The van der Waals surface area contributed by atoms with Crippen molar-refractivity contribution in [1.82, 2.24) is 0 Å². The molecule has 0 heterocycles. The molecule has 0 amide bonds. The van der Waals surface area contributed by atoms with Gasteiger partial charge in [0.25, 0.3) is 5.79 Å². The fourth-order valence-electron chi connectivity index (χ4n) is 3.06. The second kappa shape index (κ2) is 13.8. The maximum absolute atomic E-state index is 13.4. The summed E-state index contributed by atoms with van der Waals surface area (Å²) in [5.41, 5.74) is 0.745. The van der Waals surface area contributed by atoms with E-state index in [2.05, 4.69) is 13.2 Å². The lowest BCUT2D eigenvalue weighted by Crippen LogP contribution is -2.40. The summed E-state index contributed by atoms with van der Waals surface area (Å²) in [6.07, 6.45) is 0. The average Bonchev–Trinajstić information content (AvgIpc) is 2.92. The molecule has 2 rings (SSSR count). The molecular weight excluding hydrogens is 512 g/mol. The molecule has 2 aromatic carbocycles. The van der Waals surface area contributed by atoms with Crippen LogP contribution in [0.2, 0.25) is 0 Å². The minimum Gasteiger partial charge on any atom is -0.450 e. The van der Waals surface area contributed by atoms with Gasteiger partial charge >= 0.3 is 23.9 Å². The zero-order valence-corrected chi connectivity index (χ0v) is 21.9. The summed E-state index contributed by atoms with van der Waals surface area (Å²) in [6, 6.07) is 11.3. The van der Waals surface area contributed by atoms with Crippen LogP contribution in [-0.2, 0) is 43.9 Å². The van der Waals surface area contributed by atoms with Crippen molar-refractivity contribution in [2.24, 2.45) is 0 Å². The van der Waals surface area contributed by atoms with Gasteiger partial charge in [-0.1, -0.05) is 13.2 Å². The Morgan fingerprint density at radius 2 is 1.05 bits per heavy atom. The molecule has 11 nitrogen and oxygen atoms in total. The van der Waals surface area contributed by atoms with Gasteiger partial charge in [0, 0.05) is 36.5 Å². The van der Waals surface area contributed by atoms with Gasteiger partial charge in [-0.25, -0.2) is 19.2 Å². The maximum atomic E-state index is 13.4. The molecule has 0 aliphatic heterocycles. The van der Waals surface area contributed by atoms with E-state index < -0.39 is 48.7 Å². The van der Waals surface area contributed by atoms with Crippen molar-refractivity contribution in [2.75, 3.05) is 27.4 Å². The molecule has 0 N–H and O–H groups in total. The Morgan fingerprint density at radius 3 is 1.41 bits per heavy atom. The Kier molecular flexibility index (Phi) is 10.8. The third-order valence-corrected chi connectivity index (χ3v) is 5.03. The molecule has 0 bridgehead atoms. The SMILES string of the molecule is C=C(C)C(=O)OCC(=O)Oc1ccc(C(=O)C(OC)(OC)c2ccc(OC(=O)COC(=O)C(=C)C)cc2)cc1. The molecule has 0 spiro atoms.